The van der Waals surface area contributed by atoms with Gasteiger partial charge in [-0.05, 0) is 36.4 Å². The highest BCUT2D eigenvalue weighted by molar-refractivity contribution is 5.61. The molecule has 0 saturated heterocycles. The highest BCUT2D eigenvalue weighted by Gasteiger charge is 2.08. The van der Waals surface area contributed by atoms with Crippen LogP contribution in [0.15, 0.2) is 54.6 Å². The molecule has 0 spiro atoms. The lowest BCUT2D eigenvalue weighted by Gasteiger charge is -2.08. The van der Waals surface area contributed by atoms with Crippen molar-refractivity contribution in [3.8, 4) is 34.4 Å². The summed E-state index contributed by atoms with van der Waals surface area (Å²) < 4.78 is 31.6. The smallest absolute Gasteiger partial charge is 0.219 e. The number of rotatable bonds is 3. The van der Waals surface area contributed by atoms with E-state index in [0.717, 1.165) is 18.2 Å². The molecule has 3 rings (SSSR count). The Morgan fingerprint density at radius 3 is 2.22 bits per heavy atom. The van der Waals surface area contributed by atoms with E-state index in [0.29, 0.717) is 11.3 Å². The molecule has 0 aliphatic carbocycles. The number of aromatic nitrogens is 1. The molecule has 23 heavy (non-hydrogen) atoms. The van der Waals surface area contributed by atoms with Crippen molar-refractivity contribution in [3.05, 3.63) is 66.2 Å². The van der Waals surface area contributed by atoms with Crippen molar-refractivity contribution < 1.29 is 23.7 Å². The van der Waals surface area contributed by atoms with Gasteiger partial charge in [0.2, 0.25) is 5.88 Å². The van der Waals surface area contributed by atoms with E-state index in [2.05, 4.69) is 4.98 Å². The summed E-state index contributed by atoms with van der Waals surface area (Å²) in [5.41, 5.74) is 0.973. The zero-order chi connectivity index (χ0) is 16.4. The summed E-state index contributed by atoms with van der Waals surface area (Å²) in [7, 11) is 0. The summed E-state index contributed by atoms with van der Waals surface area (Å²) in [6.07, 6.45) is 0. The van der Waals surface area contributed by atoms with Crippen LogP contribution >= 0.6 is 0 Å². The lowest BCUT2D eigenvalue weighted by atomic mass is 10.1. The second-order valence-electron chi connectivity index (χ2n) is 4.74. The molecule has 0 bridgehead atoms. The third-order valence-corrected chi connectivity index (χ3v) is 3.11. The second-order valence-corrected chi connectivity index (χ2v) is 4.74. The average molecular weight is 315 g/mol. The highest BCUT2D eigenvalue weighted by atomic mass is 19.1. The van der Waals surface area contributed by atoms with Gasteiger partial charge in [-0.3, -0.25) is 0 Å². The Kier molecular flexibility index (Phi) is 3.80. The number of halogens is 2. The predicted octanol–water partition coefficient (Wildman–Crippen LogP) is 4.23. The number of pyridine rings is 1. The molecule has 0 aliphatic heterocycles. The topological polar surface area (TPSA) is 62.6 Å². The maximum absolute atomic E-state index is 13.1. The summed E-state index contributed by atoms with van der Waals surface area (Å²) in [5, 5.41) is 18.8. The quantitative estimate of drug-likeness (QED) is 0.759. The Labute approximate surface area is 130 Å². The largest absolute Gasteiger partial charge is 0.505 e. The molecule has 2 N–H and O–H groups in total. The van der Waals surface area contributed by atoms with Crippen LogP contribution in [0.25, 0.3) is 11.3 Å². The molecular formula is C17H11F2NO3. The molecule has 4 nitrogen and oxygen atoms in total. The first kappa shape index (κ1) is 14.8. The minimum atomic E-state index is -0.749. The van der Waals surface area contributed by atoms with E-state index in [4.69, 9.17) is 4.74 Å². The van der Waals surface area contributed by atoms with E-state index in [1.165, 1.54) is 18.2 Å². The van der Waals surface area contributed by atoms with E-state index >= 15 is 0 Å². The van der Waals surface area contributed by atoms with Gasteiger partial charge in [0.05, 0.1) is 5.69 Å². The van der Waals surface area contributed by atoms with Crippen LogP contribution in [0.3, 0.4) is 0 Å². The third-order valence-electron chi connectivity index (χ3n) is 3.11. The molecule has 0 radical (unpaired) electrons. The molecule has 0 atom stereocenters. The minimum Gasteiger partial charge on any atom is -0.505 e. The molecule has 3 aromatic rings. The molecule has 0 amide bonds. The number of ether oxygens (including phenoxy) is 1. The second kappa shape index (κ2) is 5.92. The molecule has 0 fully saturated rings. The number of hydrogen-bond donors (Lipinski definition) is 2. The lowest BCUT2D eigenvalue weighted by molar-refractivity contribution is 0.418. The van der Waals surface area contributed by atoms with Crippen molar-refractivity contribution >= 4 is 0 Å². The van der Waals surface area contributed by atoms with Crippen molar-refractivity contribution in [2.45, 2.75) is 0 Å². The number of nitrogens with zero attached hydrogens (tertiary/aromatic N) is 1. The van der Waals surface area contributed by atoms with Crippen LogP contribution in [0.4, 0.5) is 8.78 Å². The van der Waals surface area contributed by atoms with Crippen molar-refractivity contribution in [1.82, 2.24) is 4.98 Å². The van der Waals surface area contributed by atoms with Gasteiger partial charge in [0.1, 0.15) is 5.75 Å². The van der Waals surface area contributed by atoms with Gasteiger partial charge in [-0.2, -0.15) is 0 Å². The van der Waals surface area contributed by atoms with Crippen LogP contribution < -0.4 is 4.74 Å². The van der Waals surface area contributed by atoms with Crippen LogP contribution in [0.1, 0.15) is 0 Å². The number of phenolic OH excluding ortho intramolecular Hbond substituents is 2. The Morgan fingerprint density at radius 2 is 1.52 bits per heavy atom. The molecular weight excluding hydrogens is 304 g/mol. The highest BCUT2D eigenvalue weighted by Crippen LogP contribution is 2.29. The van der Waals surface area contributed by atoms with E-state index in [1.54, 1.807) is 18.2 Å². The van der Waals surface area contributed by atoms with Crippen LogP contribution in [0.5, 0.6) is 23.1 Å². The third kappa shape index (κ3) is 3.21. The average Bonchev–Trinajstić information content (AvgIpc) is 2.54. The number of aromatic hydroxyl groups is 2. The van der Waals surface area contributed by atoms with Gasteiger partial charge in [0, 0.05) is 17.7 Å². The summed E-state index contributed by atoms with van der Waals surface area (Å²) in [4.78, 5) is 4.23. The minimum absolute atomic E-state index is 0.206. The van der Waals surface area contributed by atoms with Crippen molar-refractivity contribution in [3.63, 3.8) is 0 Å². The van der Waals surface area contributed by atoms with Crippen molar-refractivity contribution in [2.24, 2.45) is 0 Å². The van der Waals surface area contributed by atoms with Crippen LogP contribution in [-0.4, -0.2) is 15.2 Å². The maximum atomic E-state index is 13.1. The van der Waals surface area contributed by atoms with Gasteiger partial charge in [-0.15, -0.1) is 0 Å². The molecule has 0 saturated carbocycles. The molecule has 1 heterocycles. The summed E-state index contributed by atoms with van der Waals surface area (Å²) >= 11 is 0. The monoisotopic (exact) mass is 315 g/mol. The Morgan fingerprint density at radius 1 is 0.826 bits per heavy atom. The van der Waals surface area contributed by atoms with Gasteiger partial charge < -0.3 is 14.9 Å². The van der Waals surface area contributed by atoms with Gasteiger partial charge in [0.25, 0.3) is 0 Å². The summed E-state index contributed by atoms with van der Waals surface area (Å²) in [6.45, 7) is 0. The SMILES string of the molecule is Oc1cc(Oc2cccc(-c3ccc(F)c(O)c3)n2)ccc1F. The van der Waals surface area contributed by atoms with Gasteiger partial charge in [-0.1, -0.05) is 6.07 Å². The van der Waals surface area contributed by atoms with Crippen LogP contribution in [0.2, 0.25) is 0 Å². The molecule has 2 aromatic carbocycles. The maximum Gasteiger partial charge on any atom is 0.219 e. The zero-order valence-corrected chi connectivity index (χ0v) is 11.7. The number of phenols is 2. The van der Waals surface area contributed by atoms with Crippen molar-refractivity contribution in [1.29, 1.82) is 0 Å². The summed E-state index contributed by atoms with van der Waals surface area (Å²) in [5.74, 6) is -2.04. The van der Waals surface area contributed by atoms with E-state index in [1.807, 2.05) is 0 Å². The van der Waals surface area contributed by atoms with Crippen LogP contribution in [0, 0.1) is 11.6 Å². The number of benzene rings is 2. The van der Waals surface area contributed by atoms with Gasteiger partial charge >= 0.3 is 0 Å². The van der Waals surface area contributed by atoms with E-state index < -0.39 is 23.1 Å². The fraction of sp³-hybridized carbons (Fsp3) is 0. The fourth-order valence-electron chi connectivity index (χ4n) is 1.98. The Hall–Kier alpha value is -3.15. The van der Waals surface area contributed by atoms with Crippen molar-refractivity contribution in [2.75, 3.05) is 0 Å². The Bertz CT molecular complexity index is 868. The molecule has 0 unspecified atom stereocenters. The van der Waals surface area contributed by atoms with Gasteiger partial charge in [0.15, 0.2) is 23.1 Å². The first-order chi connectivity index (χ1) is 11.0. The fourth-order valence-corrected chi connectivity index (χ4v) is 1.98. The number of hydrogen-bond acceptors (Lipinski definition) is 4. The Balaban J connectivity index is 1.90. The molecule has 6 heteroatoms. The standard InChI is InChI=1S/C17H11F2NO3/c18-12-6-4-10(8-15(12)21)14-2-1-3-17(20-14)23-11-5-7-13(19)16(22)9-11/h1-9,21-22H. The van der Waals surface area contributed by atoms with E-state index in [9.17, 15) is 19.0 Å². The van der Waals surface area contributed by atoms with Gasteiger partial charge in [-0.25, -0.2) is 13.8 Å². The molecule has 1 aromatic heterocycles. The first-order valence-corrected chi connectivity index (χ1v) is 6.65. The first-order valence-electron chi connectivity index (χ1n) is 6.65. The molecule has 116 valence electrons. The van der Waals surface area contributed by atoms with E-state index in [-0.39, 0.29) is 11.6 Å². The lowest BCUT2D eigenvalue weighted by Crippen LogP contribution is -1.91. The summed E-state index contributed by atoms with van der Waals surface area (Å²) in [6, 6.07) is 12.3. The normalized spacial score (nSPS) is 10.5. The van der Waals surface area contributed by atoms with Crippen LogP contribution in [-0.2, 0) is 0 Å². The zero-order valence-electron chi connectivity index (χ0n) is 11.7. The molecule has 0 aliphatic rings. The predicted molar refractivity (Wildman–Crippen MR) is 79.4 cm³/mol.